The van der Waals surface area contributed by atoms with Crippen LogP contribution in [0.2, 0.25) is 5.15 Å². The third kappa shape index (κ3) is 2.19. The fraction of sp³-hybridized carbons (Fsp3) is 0.0625. The van der Waals surface area contributed by atoms with Gasteiger partial charge in [-0.3, -0.25) is 9.20 Å². The number of para-hydroxylation sites is 1. The van der Waals surface area contributed by atoms with E-state index in [2.05, 4.69) is 9.97 Å². The number of halogens is 1. The third-order valence-electron chi connectivity index (χ3n) is 3.54. The van der Waals surface area contributed by atoms with Crippen LogP contribution in [0.4, 0.5) is 0 Å². The summed E-state index contributed by atoms with van der Waals surface area (Å²) in [4.78, 5) is 21.8. The summed E-state index contributed by atoms with van der Waals surface area (Å²) in [7, 11) is 0. The largest absolute Gasteiger partial charge is 0.269 e. The first-order chi connectivity index (χ1) is 10.7. The average Bonchev–Trinajstić information content (AvgIpc) is 3.00. The Bertz CT molecular complexity index is 1050. The molecule has 0 saturated heterocycles. The van der Waals surface area contributed by atoms with Crippen molar-refractivity contribution in [3.63, 3.8) is 0 Å². The van der Waals surface area contributed by atoms with Gasteiger partial charge in [0.05, 0.1) is 5.52 Å². The van der Waals surface area contributed by atoms with E-state index in [-0.39, 0.29) is 5.56 Å². The Morgan fingerprint density at radius 3 is 3.00 bits per heavy atom. The molecule has 0 aliphatic rings. The number of nitrogens with zero attached hydrogens (tertiary/aromatic N) is 3. The average molecular weight is 328 g/mol. The highest BCUT2D eigenvalue weighted by Crippen LogP contribution is 2.22. The molecule has 0 saturated carbocycles. The maximum atomic E-state index is 12.4. The van der Waals surface area contributed by atoms with E-state index in [0.717, 1.165) is 16.5 Å². The highest BCUT2D eigenvalue weighted by molar-refractivity contribution is 7.15. The van der Waals surface area contributed by atoms with Gasteiger partial charge in [0.15, 0.2) is 4.96 Å². The van der Waals surface area contributed by atoms with Crippen LogP contribution in [0.15, 0.2) is 52.9 Å². The van der Waals surface area contributed by atoms with E-state index in [0.29, 0.717) is 22.1 Å². The first-order valence-corrected chi connectivity index (χ1v) is 7.96. The second kappa shape index (κ2) is 5.19. The topological polar surface area (TPSA) is 47.3 Å². The number of pyridine rings is 1. The van der Waals surface area contributed by atoms with Crippen LogP contribution in [0.1, 0.15) is 11.1 Å². The van der Waals surface area contributed by atoms with Gasteiger partial charge in [0, 0.05) is 35.1 Å². The maximum absolute atomic E-state index is 12.4. The predicted octanol–water partition coefficient (Wildman–Crippen LogP) is 3.55. The van der Waals surface area contributed by atoms with Crippen LogP contribution in [0.3, 0.4) is 0 Å². The normalized spacial score (nSPS) is 11.3. The van der Waals surface area contributed by atoms with Crippen LogP contribution in [-0.4, -0.2) is 14.4 Å². The van der Waals surface area contributed by atoms with Crippen molar-refractivity contribution in [1.82, 2.24) is 14.4 Å². The van der Waals surface area contributed by atoms with E-state index < -0.39 is 0 Å². The van der Waals surface area contributed by atoms with E-state index in [4.69, 9.17) is 11.6 Å². The Balaban J connectivity index is 1.83. The van der Waals surface area contributed by atoms with Crippen molar-refractivity contribution >= 4 is 38.8 Å². The molecule has 4 nitrogen and oxygen atoms in total. The van der Waals surface area contributed by atoms with Crippen molar-refractivity contribution in [2.24, 2.45) is 0 Å². The van der Waals surface area contributed by atoms with Crippen LogP contribution in [-0.2, 0) is 6.42 Å². The molecule has 0 fully saturated rings. The molecule has 3 heterocycles. The van der Waals surface area contributed by atoms with Gasteiger partial charge >= 0.3 is 0 Å². The number of rotatable bonds is 2. The van der Waals surface area contributed by atoms with Crippen molar-refractivity contribution in [2.75, 3.05) is 0 Å². The molecule has 4 rings (SSSR count). The molecule has 4 aromatic rings. The van der Waals surface area contributed by atoms with Crippen molar-refractivity contribution < 1.29 is 0 Å². The minimum Gasteiger partial charge on any atom is -0.269 e. The molecule has 0 N–H and O–H groups in total. The third-order valence-corrected chi connectivity index (χ3v) is 4.64. The van der Waals surface area contributed by atoms with Gasteiger partial charge in [-0.25, -0.2) is 9.97 Å². The zero-order valence-corrected chi connectivity index (χ0v) is 12.9. The van der Waals surface area contributed by atoms with Gasteiger partial charge in [0.1, 0.15) is 5.15 Å². The summed E-state index contributed by atoms with van der Waals surface area (Å²) in [5, 5.41) is 3.28. The number of fused-ring (bicyclic) bond motifs is 2. The van der Waals surface area contributed by atoms with Crippen LogP contribution in [0.5, 0.6) is 0 Å². The highest BCUT2D eigenvalue weighted by Gasteiger charge is 2.10. The molecule has 0 aliphatic carbocycles. The zero-order chi connectivity index (χ0) is 15.1. The molecule has 0 spiro atoms. The van der Waals surface area contributed by atoms with Crippen molar-refractivity contribution in [3.8, 4) is 0 Å². The van der Waals surface area contributed by atoms with E-state index in [1.54, 1.807) is 16.8 Å². The summed E-state index contributed by atoms with van der Waals surface area (Å²) in [6.45, 7) is 0. The summed E-state index contributed by atoms with van der Waals surface area (Å²) in [6, 6.07) is 9.75. The lowest BCUT2D eigenvalue weighted by atomic mass is 10.1. The molecule has 108 valence electrons. The van der Waals surface area contributed by atoms with Crippen LogP contribution >= 0.6 is 22.9 Å². The molecule has 0 amide bonds. The van der Waals surface area contributed by atoms with Crippen molar-refractivity contribution in [2.45, 2.75) is 6.42 Å². The molecule has 0 radical (unpaired) electrons. The number of hydrogen-bond acceptors (Lipinski definition) is 4. The first-order valence-electron chi connectivity index (χ1n) is 6.70. The Morgan fingerprint density at radius 1 is 1.23 bits per heavy atom. The van der Waals surface area contributed by atoms with Gasteiger partial charge < -0.3 is 0 Å². The van der Waals surface area contributed by atoms with Gasteiger partial charge in [0.25, 0.3) is 5.56 Å². The second-order valence-electron chi connectivity index (χ2n) is 4.95. The van der Waals surface area contributed by atoms with E-state index in [1.165, 1.54) is 11.3 Å². The van der Waals surface area contributed by atoms with Gasteiger partial charge in [-0.15, -0.1) is 11.3 Å². The Hall–Kier alpha value is -2.24. The van der Waals surface area contributed by atoms with Crippen LogP contribution < -0.4 is 5.56 Å². The molecule has 22 heavy (non-hydrogen) atoms. The van der Waals surface area contributed by atoms with Gasteiger partial charge in [-0.2, -0.15) is 0 Å². The molecule has 6 heteroatoms. The molecule has 1 aromatic carbocycles. The molecule has 0 atom stereocenters. The quantitative estimate of drug-likeness (QED) is 0.529. The number of thiazole rings is 1. The first kappa shape index (κ1) is 13.4. The predicted molar refractivity (Wildman–Crippen MR) is 88.9 cm³/mol. The standard InChI is InChI=1S/C16H10ClN3OS/c17-14-11(7-10-3-1-2-4-13(10)19-14)8-12-9-18-16-20(15(12)21)5-6-22-16/h1-7,9H,8H2. The van der Waals surface area contributed by atoms with Gasteiger partial charge in [-0.1, -0.05) is 29.8 Å². The summed E-state index contributed by atoms with van der Waals surface area (Å²) in [6.07, 6.45) is 3.78. The van der Waals surface area contributed by atoms with Gasteiger partial charge in [-0.05, 0) is 17.7 Å². The van der Waals surface area contributed by atoms with Gasteiger partial charge in [0.2, 0.25) is 0 Å². The zero-order valence-electron chi connectivity index (χ0n) is 11.4. The van der Waals surface area contributed by atoms with E-state index in [9.17, 15) is 4.79 Å². The van der Waals surface area contributed by atoms with Crippen molar-refractivity contribution in [3.05, 3.63) is 74.7 Å². The molecule has 0 aliphatic heterocycles. The number of benzene rings is 1. The lowest BCUT2D eigenvalue weighted by Crippen LogP contribution is -2.18. The molecule has 0 bridgehead atoms. The van der Waals surface area contributed by atoms with E-state index in [1.807, 2.05) is 35.7 Å². The monoisotopic (exact) mass is 327 g/mol. The minimum absolute atomic E-state index is 0.0597. The highest BCUT2D eigenvalue weighted by atomic mass is 35.5. The lowest BCUT2D eigenvalue weighted by Gasteiger charge is -2.06. The lowest BCUT2D eigenvalue weighted by molar-refractivity contribution is 1.000. The number of aromatic nitrogens is 3. The number of hydrogen-bond donors (Lipinski definition) is 0. The van der Waals surface area contributed by atoms with Crippen LogP contribution in [0.25, 0.3) is 15.9 Å². The maximum Gasteiger partial charge on any atom is 0.262 e. The Kier molecular flexibility index (Phi) is 3.17. The SMILES string of the molecule is O=c1c(Cc2cc3ccccc3nc2Cl)cnc2sccn12. The van der Waals surface area contributed by atoms with Crippen LogP contribution in [0, 0.1) is 0 Å². The fourth-order valence-corrected chi connectivity index (χ4v) is 3.34. The van der Waals surface area contributed by atoms with Crippen molar-refractivity contribution in [1.29, 1.82) is 0 Å². The van der Waals surface area contributed by atoms with E-state index >= 15 is 0 Å². The summed E-state index contributed by atoms with van der Waals surface area (Å²) < 4.78 is 1.56. The molecular formula is C16H10ClN3OS. The smallest absolute Gasteiger partial charge is 0.262 e. The Labute approximate surface area is 134 Å². The minimum atomic E-state index is -0.0597. The summed E-state index contributed by atoms with van der Waals surface area (Å²) in [5.41, 5.74) is 2.22. The molecule has 3 aromatic heterocycles. The summed E-state index contributed by atoms with van der Waals surface area (Å²) >= 11 is 7.70. The fourth-order valence-electron chi connectivity index (χ4n) is 2.45. The Morgan fingerprint density at radius 2 is 2.09 bits per heavy atom. The molecule has 0 unspecified atom stereocenters. The summed E-state index contributed by atoms with van der Waals surface area (Å²) in [5.74, 6) is 0. The molecular weight excluding hydrogens is 318 g/mol. The second-order valence-corrected chi connectivity index (χ2v) is 6.18.